The average Bonchev–Trinajstić information content (AvgIpc) is 3.29. The molecular weight excluding hydrogens is 703 g/mol. The van der Waals surface area contributed by atoms with E-state index in [1.165, 1.54) is 16.3 Å². The summed E-state index contributed by atoms with van der Waals surface area (Å²) in [7, 11) is 0. The van der Waals surface area contributed by atoms with Crippen LogP contribution in [-0.2, 0) is 0 Å². The fraction of sp³-hybridized carbons (Fsp3) is 0. The van der Waals surface area contributed by atoms with Crippen LogP contribution in [0.25, 0.3) is 82.3 Å². The number of allylic oxidation sites excluding steroid dienone is 1. The van der Waals surface area contributed by atoms with Gasteiger partial charge in [0, 0.05) is 28.9 Å². The molecule has 0 spiro atoms. The molecule has 0 fully saturated rings. The van der Waals surface area contributed by atoms with Crippen molar-refractivity contribution in [2.45, 2.75) is 0 Å². The fourth-order valence-corrected chi connectivity index (χ4v) is 8.10. The van der Waals surface area contributed by atoms with Crippen LogP contribution in [0.5, 0.6) is 0 Å². The third-order valence-corrected chi connectivity index (χ3v) is 11.0. The Kier molecular flexibility index (Phi) is 9.02. The SMILES string of the molecule is N=C(C=C(N=Cc1ccc(-c2ccc3ncccc3c2)cc1)c1ccc(-c2ccc3ccccc3c2)cc1)c1c2ccccc2c(-c2ccccc2)c2ccccc12. The Labute approximate surface area is 337 Å². The average molecular weight is 740 g/mol. The smallest absolute Gasteiger partial charge is 0.0723 e. The molecule has 0 amide bonds. The highest BCUT2D eigenvalue weighted by Crippen LogP contribution is 2.40. The van der Waals surface area contributed by atoms with Gasteiger partial charge >= 0.3 is 0 Å². The molecule has 1 N–H and O–H groups in total. The topological polar surface area (TPSA) is 49.1 Å². The molecule has 10 rings (SSSR count). The first-order valence-corrected chi connectivity index (χ1v) is 19.5. The molecule has 9 aromatic carbocycles. The van der Waals surface area contributed by atoms with Gasteiger partial charge in [-0.1, -0.05) is 176 Å². The fourth-order valence-electron chi connectivity index (χ4n) is 8.10. The minimum Gasteiger partial charge on any atom is -0.300 e. The van der Waals surface area contributed by atoms with Gasteiger partial charge in [0.15, 0.2) is 0 Å². The molecule has 10 aromatic rings. The normalized spacial score (nSPS) is 11.9. The lowest BCUT2D eigenvalue weighted by molar-refractivity contribution is 1.41. The maximum Gasteiger partial charge on any atom is 0.0723 e. The molecule has 0 radical (unpaired) electrons. The summed E-state index contributed by atoms with van der Waals surface area (Å²) in [6.07, 6.45) is 5.65. The Balaban J connectivity index is 1.06. The van der Waals surface area contributed by atoms with E-state index < -0.39 is 0 Å². The largest absolute Gasteiger partial charge is 0.300 e. The molecule has 0 aliphatic heterocycles. The first-order valence-electron chi connectivity index (χ1n) is 19.5. The summed E-state index contributed by atoms with van der Waals surface area (Å²) in [4.78, 5) is 9.60. The summed E-state index contributed by atoms with van der Waals surface area (Å²) in [6, 6.07) is 70.0. The van der Waals surface area contributed by atoms with Crippen LogP contribution in [0.3, 0.4) is 0 Å². The van der Waals surface area contributed by atoms with E-state index in [0.717, 1.165) is 77.0 Å². The highest BCUT2D eigenvalue weighted by molar-refractivity contribution is 6.28. The molecule has 1 heterocycles. The van der Waals surface area contributed by atoms with Gasteiger partial charge in [0.25, 0.3) is 0 Å². The number of hydrogen-bond acceptors (Lipinski definition) is 3. The molecule has 0 aliphatic rings. The lowest BCUT2D eigenvalue weighted by Gasteiger charge is -2.17. The van der Waals surface area contributed by atoms with Gasteiger partial charge in [0.2, 0.25) is 0 Å². The molecule has 0 unspecified atom stereocenters. The molecule has 0 saturated carbocycles. The molecule has 272 valence electrons. The summed E-state index contributed by atoms with van der Waals surface area (Å²) in [6.45, 7) is 0. The van der Waals surface area contributed by atoms with Crippen LogP contribution in [0.4, 0.5) is 0 Å². The Morgan fingerprint density at radius 2 is 1.00 bits per heavy atom. The van der Waals surface area contributed by atoms with Crippen molar-refractivity contribution in [2.24, 2.45) is 4.99 Å². The minimum atomic E-state index is 0.402. The van der Waals surface area contributed by atoms with Crippen molar-refractivity contribution < 1.29 is 0 Å². The van der Waals surface area contributed by atoms with Crippen molar-refractivity contribution in [3.8, 4) is 33.4 Å². The zero-order valence-electron chi connectivity index (χ0n) is 31.7. The van der Waals surface area contributed by atoms with Crippen molar-refractivity contribution in [1.29, 1.82) is 5.41 Å². The molecular formula is C55H37N3. The zero-order valence-corrected chi connectivity index (χ0v) is 31.7. The highest BCUT2D eigenvalue weighted by atomic mass is 14.7. The minimum absolute atomic E-state index is 0.402. The van der Waals surface area contributed by atoms with Crippen LogP contribution in [-0.4, -0.2) is 16.9 Å². The predicted octanol–water partition coefficient (Wildman–Crippen LogP) is 14.2. The standard InChI is InChI=1S/C55H37N3/c56-51(55-49-18-8-6-16-47(49)54(42-12-2-1-3-13-42)48-17-7-9-19-50(48)55)35-53(41-27-24-40(25-28-41)44-29-26-38-11-4-5-14-43(38)33-44)58-36-37-20-22-39(23-21-37)45-30-31-52-46(34-45)15-10-32-57-52/h1-36,56H. The number of nitrogens with zero attached hydrogens (tertiary/aromatic N) is 2. The van der Waals surface area contributed by atoms with Crippen LogP contribution < -0.4 is 0 Å². The van der Waals surface area contributed by atoms with Crippen LogP contribution in [0, 0.1) is 5.41 Å². The van der Waals surface area contributed by atoms with E-state index in [4.69, 9.17) is 4.99 Å². The first-order chi connectivity index (χ1) is 28.7. The maximum absolute atomic E-state index is 9.81. The van der Waals surface area contributed by atoms with Crippen LogP contribution >= 0.6 is 0 Å². The number of aliphatic imine (C=N–C) groups is 1. The lowest BCUT2D eigenvalue weighted by Crippen LogP contribution is -2.01. The Morgan fingerprint density at radius 1 is 0.448 bits per heavy atom. The van der Waals surface area contributed by atoms with Crippen molar-refractivity contribution in [3.05, 3.63) is 229 Å². The van der Waals surface area contributed by atoms with Crippen molar-refractivity contribution >= 4 is 60.8 Å². The Bertz CT molecular complexity index is 3160. The first kappa shape index (κ1) is 34.7. The van der Waals surface area contributed by atoms with Gasteiger partial charge in [-0.2, -0.15) is 0 Å². The van der Waals surface area contributed by atoms with Gasteiger partial charge in [-0.15, -0.1) is 0 Å². The van der Waals surface area contributed by atoms with E-state index in [0.29, 0.717) is 11.4 Å². The van der Waals surface area contributed by atoms with E-state index in [-0.39, 0.29) is 0 Å². The quantitative estimate of drug-likeness (QED) is 0.122. The third kappa shape index (κ3) is 6.65. The summed E-state index contributed by atoms with van der Waals surface area (Å²) in [5, 5.41) is 17.7. The van der Waals surface area contributed by atoms with E-state index in [1.807, 2.05) is 24.6 Å². The molecule has 0 saturated heterocycles. The van der Waals surface area contributed by atoms with Crippen molar-refractivity contribution in [2.75, 3.05) is 0 Å². The van der Waals surface area contributed by atoms with Gasteiger partial charge in [0.05, 0.1) is 16.9 Å². The summed E-state index contributed by atoms with van der Waals surface area (Å²) >= 11 is 0. The second kappa shape index (κ2) is 15.1. The van der Waals surface area contributed by atoms with E-state index in [1.54, 1.807) is 0 Å². The molecule has 3 heteroatoms. The number of nitrogens with one attached hydrogen (secondary N) is 1. The molecule has 0 bridgehead atoms. The van der Waals surface area contributed by atoms with E-state index in [9.17, 15) is 5.41 Å². The molecule has 0 atom stereocenters. The number of benzene rings is 9. The monoisotopic (exact) mass is 739 g/mol. The van der Waals surface area contributed by atoms with Gasteiger partial charge in [-0.3, -0.25) is 9.98 Å². The second-order valence-corrected chi connectivity index (χ2v) is 14.6. The summed E-state index contributed by atoms with van der Waals surface area (Å²) in [5.74, 6) is 0. The van der Waals surface area contributed by atoms with Gasteiger partial charge in [0.1, 0.15) is 0 Å². The predicted molar refractivity (Wildman–Crippen MR) is 246 cm³/mol. The number of rotatable bonds is 8. The zero-order chi connectivity index (χ0) is 38.8. The number of aromatic nitrogens is 1. The van der Waals surface area contributed by atoms with Crippen molar-refractivity contribution in [3.63, 3.8) is 0 Å². The number of hydrogen-bond donors (Lipinski definition) is 1. The van der Waals surface area contributed by atoms with Crippen LogP contribution in [0.1, 0.15) is 16.7 Å². The third-order valence-electron chi connectivity index (χ3n) is 11.0. The van der Waals surface area contributed by atoms with Gasteiger partial charge in [-0.25, -0.2) is 0 Å². The summed E-state index contributed by atoms with van der Waals surface area (Å²) < 4.78 is 0. The Hall–Kier alpha value is -7.75. The Morgan fingerprint density at radius 3 is 1.71 bits per heavy atom. The molecule has 1 aromatic heterocycles. The number of pyridine rings is 1. The van der Waals surface area contributed by atoms with Gasteiger partial charge in [-0.05, 0) is 102 Å². The lowest BCUT2D eigenvalue weighted by atomic mass is 9.86. The van der Waals surface area contributed by atoms with E-state index in [2.05, 4.69) is 199 Å². The van der Waals surface area contributed by atoms with Crippen LogP contribution in [0.2, 0.25) is 0 Å². The van der Waals surface area contributed by atoms with E-state index >= 15 is 0 Å². The molecule has 3 nitrogen and oxygen atoms in total. The van der Waals surface area contributed by atoms with Crippen LogP contribution in [0.15, 0.2) is 217 Å². The summed E-state index contributed by atoms with van der Waals surface area (Å²) in [5.41, 5.74) is 11.8. The number of fused-ring (bicyclic) bond motifs is 4. The van der Waals surface area contributed by atoms with Gasteiger partial charge < -0.3 is 5.41 Å². The van der Waals surface area contributed by atoms with Crippen molar-refractivity contribution in [1.82, 2.24) is 4.98 Å². The maximum atomic E-state index is 9.81. The highest BCUT2D eigenvalue weighted by Gasteiger charge is 2.18. The molecule has 0 aliphatic carbocycles. The molecule has 58 heavy (non-hydrogen) atoms. The second-order valence-electron chi connectivity index (χ2n) is 14.6.